The lowest BCUT2D eigenvalue weighted by Gasteiger charge is -2.44. The second-order valence-corrected chi connectivity index (χ2v) is 36.7. The summed E-state index contributed by atoms with van der Waals surface area (Å²) in [5, 5.41) is 181. The topological polar surface area (TPSA) is 668 Å². The maximum atomic E-state index is 17.2. The Bertz CT molecular complexity index is 5820. The lowest BCUT2D eigenvalue weighted by atomic mass is 9.89. The molecule has 24 N–H and O–H groups in total. The number of carboxylic acids is 1. The molecule has 0 spiro atoms. The highest BCUT2D eigenvalue weighted by atomic mass is 35.5. The highest BCUT2D eigenvalue weighted by Crippen LogP contribution is 2.51. The van der Waals surface area contributed by atoms with Gasteiger partial charge in [0.25, 0.3) is 0 Å². The van der Waals surface area contributed by atoms with Crippen LogP contribution in [0.1, 0.15) is 180 Å². The molecular formula is C96H111Cl2N9O34. The number of fused-ring (bicyclic) bond motifs is 14. The van der Waals surface area contributed by atoms with E-state index >= 15 is 24.0 Å². The van der Waals surface area contributed by atoms with Crippen LogP contribution < -0.4 is 72.0 Å². The zero-order chi connectivity index (χ0) is 101. The van der Waals surface area contributed by atoms with Gasteiger partial charge in [-0.1, -0.05) is 120 Å². The van der Waals surface area contributed by atoms with E-state index in [9.17, 15) is 95.5 Å². The molecule has 9 aliphatic rings. The van der Waals surface area contributed by atoms with Gasteiger partial charge in [-0.3, -0.25) is 43.2 Å². The first kappa shape index (κ1) is 104. The van der Waals surface area contributed by atoms with Gasteiger partial charge in [-0.25, -0.2) is 4.79 Å². The number of phenols is 4. The first-order valence-corrected chi connectivity index (χ1v) is 46.7. The molecule has 16 rings (SSSR count). The number of rotatable bonds is 26. The van der Waals surface area contributed by atoms with E-state index in [-0.39, 0.29) is 46.2 Å². The third-order valence-electron chi connectivity index (χ3n) is 25.1. The third kappa shape index (κ3) is 24.1. The minimum absolute atomic E-state index is 0.0229. The number of carboxylic acid groups (broad SMARTS) is 1. The van der Waals surface area contributed by atoms with Crippen molar-refractivity contribution in [3.05, 3.63) is 164 Å². The maximum Gasteiger partial charge on any atom is 0.330 e. The van der Waals surface area contributed by atoms with Crippen LogP contribution in [0.5, 0.6) is 69.0 Å². The van der Waals surface area contributed by atoms with Crippen LogP contribution in [0.3, 0.4) is 0 Å². The highest BCUT2D eigenvalue weighted by Gasteiger charge is 2.53. The Morgan fingerprint density at radius 3 is 1.72 bits per heavy atom. The quantitative estimate of drug-likeness (QED) is 0.0270. The predicted octanol–water partition coefficient (Wildman–Crippen LogP) is 3.93. The van der Waals surface area contributed by atoms with Crippen LogP contribution in [0.4, 0.5) is 0 Å². The number of aliphatic hydroxyl groups is 9. The van der Waals surface area contributed by atoms with Gasteiger partial charge >= 0.3 is 11.9 Å². The van der Waals surface area contributed by atoms with Crippen LogP contribution in [0.2, 0.25) is 10.0 Å². The first-order valence-electron chi connectivity index (χ1n) is 45.9. The standard InChI is InChI=1S/C96H111Cl2N9O34/c1-5-6-7-8-13-16-68(116)132-39-66-80(119)82(121)76(102-67(115)15-12-10-9-11-14-40(2)3)95(139-66)141-86-62-32-47-33-63(86)135-59-24-20-45(30-54(59)98)85(140-94-75(100-41(4)110)81(120)78(117)64(37-108)137-94)77-92(129)106-74(93(130)131)52-35-49(112)36-61(136-96-84(123)83(122)79(118)65(38-109)138-96)69(52)51-29-44(19-21-56(51)113)71(89(126)107-77)104-91(128)73(47)105-90(127)72-46-27-48(111)34-50(28-46)133-60-31-43(18-22-57(60)114)70(99)88(125)101-55(87(124)103-72)26-42-17-23-58(134-62)53(97)25-42/h17-25,27-36,40,55,64-66,70-85,94-96,108-109,111-114,117-123H,5-16,26,37-39,99H2,1-4H3,(H,100,110)(H,101,125)(H,102,115)(H,103,124)(H,104,128)(H,105,127)(H,106,129)(H,107,126)(H,130,131)/t55-,64?,65?,66?,70-,71-,72+,73-,74+,75+,76?,77+,78-,79-,80-,81?,82-,83-,84?,85-,94+,95+,96+/m1/s1. The van der Waals surface area contributed by atoms with Crippen molar-refractivity contribution >= 4 is 82.4 Å². The number of phenolic OH excluding ortho intramolecular Hbond substituents is 4. The molecule has 9 heterocycles. The number of nitrogens with two attached hydrogens (primary N) is 1. The molecule has 8 amide bonds. The number of carbonyl (C=O) groups excluding carboxylic acids is 9. The lowest BCUT2D eigenvalue weighted by molar-refractivity contribution is -0.284. The Labute approximate surface area is 815 Å². The second-order valence-electron chi connectivity index (χ2n) is 35.8. The van der Waals surface area contributed by atoms with E-state index in [1.165, 1.54) is 30.3 Å². The van der Waals surface area contributed by atoms with E-state index in [2.05, 4.69) is 56.4 Å². The van der Waals surface area contributed by atoms with Gasteiger partial charge in [0.1, 0.15) is 162 Å². The van der Waals surface area contributed by atoms with Crippen LogP contribution in [-0.2, 0) is 78.1 Å². The Kier molecular flexibility index (Phi) is 33.7. The van der Waals surface area contributed by atoms with E-state index < -0.39 is 322 Å². The minimum atomic E-state index is -2.60. The molecule has 758 valence electrons. The van der Waals surface area contributed by atoms with E-state index in [1.807, 2.05) is 6.92 Å². The fourth-order valence-electron chi connectivity index (χ4n) is 17.6. The monoisotopic (exact) mass is 2000 g/mol. The van der Waals surface area contributed by atoms with Gasteiger partial charge in [0.15, 0.2) is 35.3 Å². The fraction of sp³-hybridized carbons (Fsp3) is 0.458. The molecule has 0 radical (unpaired) electrons. The molecule has 43 nitrogen and oxygen atoms in total. The number of ether oxygens (including phenoxy) is 10. The number of unbranched alkanes of at least 4 members (excludes halogenated alkanes) is 7. The number of nitrogens with one attached hydrogen (secondary N) is 8. The summed E-state index contributed by atoms with van der Waals surface area (Å²) in [6.45, 7) is 4.24. The molecular weight excluding hydrogens is 1890 g/mol. The van der Waals surface area contributed by atoms with Gasteiger partial charge < -0.3 is 167 Å². The average molecular weight is 2010 g/mol. The number of aliphatic carboxylic acids is 1. The van der Waals surface area contributed by atoms with E-state index in [1.54, 1.807) is 0 Å². The number of esters is 1. The molecule has 3 fully saturated rings. The SMILES string of the molecule is CCCCCCCC(=O)OCC1O[C@@H](Oc2c3cc4cc2Oc2ccc(cc2Cl)[C@@H](O[C@@H]2OC(CO)[C@@H](O)C(O)[C@@H]2NC(C)=O)[C@@H]2NC(=O)[C@H](NC(=O)[C@@H]4NC(=O)[C@H]4NC(=O)[C@@H](Cc5ccc(c(Cl)c5)O3)NC(=O)[C@H](N)c3ccc(O)c(c3)Oc3cc(O)cc4c3)c3ccc(O)c(c3)-c3c(O[C@H]4OC(CO)[C@@H](O)[C@@H](O)C4O)cc(O)cc3[C@@H](C(=O)O)NC2=O)C(NC(=O)CCCCCCC(C)C)[C@@H](O)[C@@H]1O. The number of aromatic hydroxyl groups is 4. The Hall–Kier alpha value is -12.5. The van der Waals surface area contributed by atoms with Crippen LogP contribution in [0.25, 0.3) is 11.1 Å². The van der Waals surface area contributed by atoms with Crippen molar-refractivity contribution < 1.29 is 167 Å². The lowest BCUT2D eigenvalue weighted by Crippen LogP contribution is -2.65. The number of amides is 8. The van der Waals surface area contributed by atoms with Gasteiger partial charge in [0.2, 0.25) is 65.6 Å². The average Bonchev–Trinajstić information content (AvgIpc) is 0.755. The fourth-order valence-corrected chi connectivity index (χ4v) is 18.0. The van der Waals surface area contributed by atoms with Gasteiger partial charge in [-0.2, -0.15) is 0 Å². The summed E-state index contributed by atoms with van der Waals surface area (Å²) < 4.78 is 64.0. The van der Waals surface area contributed by atoms with E-state index in [0.29, 0.717) is 31.6 Å². The number of halogens is 2. The summed E-state index contributed by atoms with van der Waals surface area (Å²) in [6, 6.07) is 0.585. The molecule has 45 heteroatoms. The number of benzene rings is 7. The molecule has 17 bridgehead atoms. The van der Waals surface area contributed by atoms with Crippen LogP contribution in [0.15, 0.2) is 115 Å². The summed E-state index contributed by atoms with van der Waals surface area (Å²) in [5.74, 6) is -20.0. The molecule has 141 heavy (non-hydrogen) atoms. The molecule has 0 aliphatic carbocycles. The van der Waals surface area contributed by atoms with Crippen molar-refractivity contribution in [3.8, 4) is 80.1 Å². The van der Waals surface area contributed by atoms with Crippen molar-refractivity contribution in [2.24, 2.45) is 11.7 Å². The number of hydrogen-bond acceptors (Lipinski definition) is 34. The number of hydrogen-bond donors (Lipinski definition) is 23. The number of carbonyl (C=O) groups is 10. The van der Waals surface area contributed by atoms with Crippen LogP contribution in [0, 0.1) is 5.92 Å². The first-order chi connectivity index (χ1) is 67.3. The maximum absolute atomic E-state index is 17.2. The van der Waals surface area contributed by atoms with Crippen LogP contribution >= 0.6 is 23.2 Å². The van der Waals surface area contributed by atoms with Crippen LogP contribution in [-0.4, -0.2) is 255 Å². The third-order valence-corrected chi connectivity index (χ3v) is 25.7. The minimum Gasteiger partial charge on any atom is -0.508 e. The molecule has 3 saturated heterocycles. The molecule has 9 aliphatic heterocycles. The largest absolute Gasteiger partial charge is 0.508 e. The smallest absolute Gasteiger partial charge is 0.330 e. The van der Waals surface area contributed by atoms with Crippen molar-refractivity contribution in [2.45, 2.75) is 252 Å². The Morgan fingerprint density at radius 2 is 1.07 bits per heavy atom. The molecule has 6 unspecified atom stereocenters. The van der Waals surface area contributed by atoms with Gasteiger partial charge in [0.05, 0.1) is 23.3 Å². The highest BCUT2D eigenvalue weighted by molar-refractivity contribution is 6.32. The Morgan fingerprint density at radius 1 is 0.504 bits per heavy atom. The van der Waals surface area contributed by atoms with E-state index in [4.69, 9.17) is 76.3 Å². The Balaban J connectivity index is 1.03. The molecule has 23 atom stereocenters. The van der Waals surface area contributed by atoms with Crippen molar-refractivity contribution in [2.75, 3.05) is 19.8 Å². The predicted molar refractivity (Wildman–Crippen MR) is 490 cm³/mol. The zero-order valence-electron chi connectivity index (χ0n) is 76.4. The van der Waals surface area contributed by atoms with E-state index in [0.717, 1.165) is 130 Å². The summed E-state index contributed by atoms with van der Waals surface area (Å²) in [5.41, 5.74) is 2.78. The van der Waals surface area contributed by atoms with Crippen molar-refractivity contribution in [1.29, 1.82) is 0 Å². The molecule has 7 aromatic rings. The zero-order valence-corrected chi connectivity index (χ0v) is 77.9. The summed E-state index contributed by atoms with van der Waals surface area (Å²) in [6.07, 6.45) is -22.6. The summed E-state index contributed by atoms with van der Waals surface area (Å²) in [7, 11) is 0. The number of aliphatic hydroxyl groups excluding tert-OH is 9. The summed E-state index contributed by atoms with van der Waals surface area (Å²) in [4.78, 5) is 153. The second kappa shape index (κ2) is 45.6. The molecule has 0 aromatic heterocycles. The molecule has 7 aromatic carbocycles. The van der Waals surface area contributed by atoms with Crippen molar-refractivity contribution in [1.82, 2.24) is 42.5 Å². The molecule has 0 saturated carbocycles. The van der Waals surface area contributed by atoms with Gasteiger partial charge in [-0.15, -0.1) is 0 Å². The summed E-state index contributed by atoms with van der Waals surface area (Å²) >= 11 is 14.9. The van der Waals surface area contributed by atoms with Gasteiger partial charge in [0, 0.05) is 55.0 Å². The van der Waals surface area contributed by atoms with Crippen molar-refractivity contribution in [3.63, 3.8) is 0 Å². The van der Waals surface area contributed by atoms with Gasteiger partial charge in [-0.05, 0) is 131 Å². The normalized spacial score (nSPS) is 27.8.